The molecule has 0 spiro atoms. The van der Waals surface area contributed by atoms with E-state index in [1.807, 2.05) is 0 Å². The van der Waals surface area contributed by atoms with Gasteiger partial charge in [0.05, 0.1) is 6.04 Å². The molecule has 1 atom stereocenters. The van der Waals surface area contributed by atoms with Crippen molar-refractivity contribution in [2.75, 3.05) is 7.05 Å². The molecule has 1 fully saturated rings. The van der Waals surface area contributed by atoms with Crippen molar-refractivity contribution in [2.24, 2.45) is 0 Å². The van der Waals surface area contributed by atoms with E-state index in [2.05, 4.69) is 78.7 Å². The summed E-state index contributed by atoms with van der Waals surface area (Å²) in [5.41, 5.74) is 4.14. The minimum Gasteiger partial charge on any atom is -0.371 e. The van der Waals surface area contributed by atoms with Crippen LogP contribution in [0, 0.1) is 0 Å². The second kappa shape index (κ2) is 5.31. The van der Waals surface area contributed by atoms with Gasteiger partial charge in [0.2, 0.25) is 0 Å². The smallest absolute Gasteiger partial charge is 0.0539 e. The maximum atomic E-state index is 2.42. The van der Waals surface area contributed by atoms with E-state index in [0.29, 0.717) is 6.04 Å². The van der Waals surface area contributed by atoms with Gasteiger partial charge in [-0.1, -0.05) is 60.7 Å². The van der Waals surface area contributed by atoms with Crippen LogP contribution in [0.2, 0.25) is 0 Å². The van der Waals surface area contributed by atoms with E-state index in [-0.39, 0.29) is 0 Å². The topological polar surface area (TPSA) is 3.24 Å². The highest BCUT2D eigenvalue weighted by Gasteiger charge is 2.25. The van der Waals surface area contributed by atoms with Crippen molar-refractivity contribution in [3.05, 3.63) is 77.5 Å². The van der Waals surface area contributed by atoms with Crippen LogP contribution < -0.4 is 0 Å². The second-order valence-corrected chi connectivity index (χ2v) is 5.12. The molecular weight excluding hydrogens is 230 g/mol. The molecule has 3 rings (SSSR count). The van der Waals surface area contributed by atoms with Crippen LogP contribution >= 0.6 is 0 Å². The number of benzene rings is 2. The molecule has 1 heterocycles. The second-order valence-electron chi connectivity index (χ2n) is 5.12. The molecule has 1 aliphatic rings. The third-order valence-electron chi connectivity index (χ3n) is 3.91. The summed E-state index contributed by atoms with van der Waals surface area (Å²) in [6, 6.07) is 21.9. The lowest BCUT2D eigenvalue weighted by Gasteiger charge is -2.23. The molecule has 2 aromatic rings. The molecule has 2 aromatic carbocycles. The third kappa shape index (κ3) is 2.55. The van der Waals surface area contributed by atoms with E-state index in [1.165, 1.54) is 23.2 Å². The van der Waals surface area contributed by atoms with Crippen molar-refractivity contribution in [1.29, 1.82) is 0 Å². The predicted molar refractivity (Wildman–Crippen MR) is 80.6 cm³/mol. The lowest BCUT2D eigenvalue weighted by atomic mass is 10.1. The van der Waals surface area contributed by atoms with Crippen molar-refractivity contribution in [1.82, 2.24) is 4.90 Å². The number of likely N-dealkylation sites (tertiary alicyclic amines) is 1. The SMILES string of the molecule is CN1/C(=C\c2ccccc2)CCC1c1ccccc1. The molecule has 0 aromatic heterocycles. The Morgan fingerprint density at radius 3 is 2.26 bits per heavy atom. The van der Waals surface area contributed by atoms with Crippen LogP contribution in [0.5, 0.6) is 0 Å². The molecule has 96 valence electrons. The number of nitrogens with zero attached hydrogens (tertiary/aromatic N) is 1. The number of rotatable bonds is 2. The summed E-state index contributed by atoms with van der Waals surface area (Å²) in [5.74, 6) is 0. The van der Waals surface area contributed by atoms with Gasteiger partial charge < -0.3 is 4.90 Å². The minimum absolute atomic E-state index is 0.524. The summed E-state index contributed by atoms with van der Waals surface area (Å²) >= 11 is 0. The van der Waals surface area contributed by atoms with Gasteiger partial charge in [0.1, 0.15) is 0 Å². The Hall–Kier alpha value is -2.02. The Morgan fingerprint density at radius 2 is 1.58 bits per heavy atom. The van der Waals surface area contributed by atoms with Crippen molar-refractivity contribution >= 4 is 6.08 Å². The van der Waals surface area contributed by atoms with Crippen LogP contribution in [-0.4, -0.2) is 11.9 Å². The van der Waals surface area contributed by atoms with Gasteiger partial charge in [-0.15, -0.1) is 0 Å². The molecule has 19 heavy (non-hydrogen) atoms. The van der Waals surface area contributed by atoms with Crippen LogP contribution in [-0.2, 0) is 0 Å². The Morgan fingerprint density at radius 1 is 0.947 bits per heavy atom. The zero-order chi connectivity index (χ0) is 13.1. The fourth-order valence-electron chi connectivity index (χ4n) is 2.84. The molecular formula is C18H19N. The van der Waals surface area contributed by atoms with Crippen molar-refractivity contribution in [3.8, 4) is 0 Å². The molecule has 1 aliphatic heterocycles. The third-order valence-corrected chi connectivity index (χ3v) is 3.91. The molecule has 0 saturated carbocycles. The molecule has 1 nitrogen and oxygen atoms in total. The fourth-order valence-corrected chi connectivity index (χ4v) is 2.84. The summed E-state index contributed by atoms with van der Waals surface area (Å²) in [4.78, 5) is 2.42. The van der Waals surface area contributed by atoms with E-state index >= 15 is 0 Å². The summed E-state index contributed by atoms with van der Waals surface area (Å²) in [6.07, 6.45) is 4.67. The van der Waals surface area contributed by atoms with E-state index in [9.17, 15) is 0 Å². The molecule has 1 saturated heterocycles. The summed E-state index contributed by atoms with van der Waals surface area (Å²) in [5, 5.41) is 0. The predicted octanol–water partition coefficient (Wildman–Crippen LogP) is 4.49. The number of hydrogen-bond acceptors (Lipinski definition) is 1. The molecule has 0 radical (unpaired) electrons. The number of hydrogen-bond donors (Lipinski definition) is 0. The zero-order valence-electron chi connectivity index (χ0n) is 11.3. The molecule has 1 unspecified atom stereocenters. The van der Waals surface area contributed by atoms with Crippen LogP contribution in [0.3, 0.4) is 0 Å². The lowest BCUT2D eigenvalue weighted by Crippen LogP contribution is -2.16. The van der Waals surface area contributed by atoms with Crippen LogP contribution in [0.1, 0.15) is 30.0 Å². The first-order valence-corrected chi connectivity index (χ1v) is 6.88. The van der Waals surface area contributed by atoms with Crippen LogP contribution in [0.15, 0.2) is 66.4 Å². The van der Waals surface area contributed by atoms with Crippen molar-refractivity contribution < 1.29 is 0 Å². The maximum absolute atomic E-state index is 2.42. The normalized spacial score (nSPS) is 21.0. The highest BCUT2D eigenvalue weighted by atomic mass is 15.2. The Labute approximate surface area is 115 Å². The summed E-state index contributed by atoms with van der Waals surface area (Å²) < 4.78 is 0. The van der Waals surface area contributed by atoms with Gasteiger partial charge in [-0.3, -0.25) is 0 Å². The first-order chi connectivity index (χ1) is 9.34. The fraction of sp³-hybridized carbons (Fsp3) is 0.222. The van der Waals surface area contributed by atoms with Gasteiger partial charge in [-0.05, 0) is 30.0 Å². The van der Waals surface area contributed by atoms with Crippen LogP contribution in [0.4, 0.5) is 0 Å². The Balaban J connectivity index is 1.83. The Bertz CT molecular complexity index is 557. The molecule has 1 heteroatoms. The summed E-state index contributed by atoms with van der Waals surface area (Å²) in [6.45, 7) is 0. The van der Waals surface area contributed by atoms with Gasteiger partial charge in [0.25, 0.3) is 0 Å². The standard InChI is InChI=1S/C18H19N/c1-19-17(14-15-8-4-2-5-9-15)12-13-18(19)16-10-6-3-7-11-16/h2-11,14,18H,12-13H2,1H3/b17-14-. The lowest BCUT2D eigenvalue weighted by molar-refractivity contribution is 0.363. The number of allylic oxidation sites excluding steroid dienone is 1. The summed E-state index contributed by atoms with van der Waals surface area (Å²) in [7, 11) is 2.21. The first-order valence-electron chi connectivity index (χ1n) is 6.88. The van der Waals surface area contributed by atoms with Gasteiger partial charge in [-0.25, -0.2) is 0 Å². The van der Waals surface area contributed by atoms with Crippen molar-refractivity contribution in [3.63, 3.8) is 0 Å². The molecule has 0 bridgehead atoms. The van der Waals surface area contributed by atoms with E-state index in [0.717, 1.165) is 6.42 Å². The van der Waals surface area contributed by atoms with Gasteiger partial charge in [0, 0.05) is 12.7 Å². The first kappa shape index (κ1) is 12.0. The average Bonchev–Trinajstić information content (AvgIpc) is 2.82. The largest absolute Gasteiger partial charge is 0.371 e. The minimum atomic E-state index is 0.524. The molecule has 0 aliphatic carbocycles. The van der Waals surface area contributed by atoms with Gasteiger partial charge in [0.15, 0.2) is 0 Å². The average molecular weight is 249 g/mol. The monoisotopic (exact) mass is 249 g/mol. The Kier molecular flexibility index (Phi) is 3.37. The molecule has 0 amide bonds. The van der Waals surface area contributed by atoms with E-state index in [1.54, 1.807) is 0 Å². The van der Waals surface area contributed by atoms with Crippen LogP contribution in [0.25, 0.3) is 6.08 Å². The zero-order valence-corrected chi connectivity index (χ0v) is 11.3. The van der Waals surface area contributed by atoms with Gasteiger partial charge >= 0.3 is 0 Å². The van der Waals surface area contributed by atoms with E-state index < -0.39 is 0 Å². The van der Waals surface area contributed by atoms with Gasteiger partial charge in [-0.2, -0.15) is 0 Å². The quantitative estimate of drug-likeness (QED) is 0.757. The molecule has 0 N–H and O–H groups in total. The van der Waals surface area contributed by atoms with Crippen molar-refractivity contribution in [2.45, 2.75) is 18.9 Å². The van der Waals surface area contributed by atoms with E-state index in [4.69, 9.17) is 0 Å². The highest BCUT2D eigenvalue weighted by Crippen LogP contribution is 2.37. The maximum Gasteiger partial charge on any atom is 0.0539 e. The highest BCUT2D eigenvalue weighted by molar-refractivity contribution is 5.53.